The summed E-state index contributed by atoms with van der Waals surface area (Å²) in [6.07, 6.45) is 0. The molecule has 0 atom stereocenters. The van der Waals surface area contributed by atoms with Crippen LogP contribution in [-0.4, -0.2) is 43.4 Å². The van der Waals surface area contributed by atoms with Crippen LogP contribution in [0.15, 0.2) is 36.4 Å². The summed E-state index contributed by atoms with van der Waals surface area (Å²) in [5.74, 6) is 2.31. The van der Waals surface area contributed by atoms with Gasteiger partial charge in [0.2, 0.25) is 0 Å². The predicted octanol–water partition coefficient (Wildman–Crippen LogP) is 5.34. The number of imidazole rings is 1. The minimum absolute atomic E-state index is 0.578. The molecule has 0 amide bonds. The Morgan fingerprint density at radius 2 is 2.00 bits per heavy atom. The Balaban J connectivity index is 1.88. The lowest BCUT2D eigenvalue weighted by Crippen LogP contribution is -2.10. The molecule has 0 unspecified atom stereocenters. The van der Waals surface area contributed by atoms with E-state index in [1.165, 1.54) is 0 Å². The van der Waals surface area contributed by atoms with Crippen molar-refractivity contribution >= 4 is 43.9 Å². The van der Waals surface area contributed by atoms with E-state index in [9.17, 15) is 0 Å². The van der Waals surface area contributed by atoms with E-state index in [4.69, 9.17) is 30.8 Å². The summed E-state index contributed by atoms with van der Waals surface area (Å²) < 4.78 is 19.6. The first kappa shape index (κ1) is 19.8. The highest BCUT2D eigenvalue weighted by Gasteiger charge is 2.19. The van der Waals surface area contributed by atoms with E-state index < -0.39 is 0 Å². The molecule has 1 N–H and O–H groups in total. The molecule has 4 rings (SSSR count). The minimum atomic E-state index is 0.578. The third kappa shape index (κ3) is 3.73. The molecule has 2 heterocycles. The number of thiazole rings is 1. The van der Waals surface area contributed by atoms with E-state index >= 15 is 0 Å². The standard InChI is InChI=1S/C21H22ClN3O3S/c1-4-28-16-8-5-13(11-17(16)27-3)19-20(23-9-10-26-2)25-15-7-6-14(22)12-18(15)29-21(25)24-19/h5-8,11-12,23H,4,9-10H2,1-3H3. The summed E-state index contributed by atoms with van der Waals surface area (Å²) in [4.78, 5) is 5.81. The first-order valence-electron chi connectivity index (χ1n) is 9.30. The second-order valence-electron chi connectivity index (χ2n) is 6.36. The largest absolute Gasteiger partial charge is 0.493 e. The van der Waals surface area contributed by atoms with Gasteiger partial charge < -0.3 is 19.5 Å². The number of fused-ring (bicyclic) bond motifs is 3. The highest BCUT2D eigenvalue weighted by molar-refractivity contribution is 7.23. The molecule has 2 aromatic carbocycles. The van der Waals surface area contributed by atoms with Gasteiger partial charge in [-0.2, -0.15) is 0 Å². The lowest BCUT2D eigenvalue weighted by atomic mass is 10.1. The number of hydrogen-bond donors (Lipinski definition) is 1. The normalized spacial score (nSPS) is 11.3. The van der Waals surface area contributed by atoms with Crippen LogP contribution in [0.3, 0.4) is 0 Å². The number of anilines is 1. The van der Waals surface area contributed by atoms with Crippen molar-refractivity contribution in [3.63, 3.8) is 0 Å². The first-order valence-corrected chi connectivity index (χ1v) is 10.5. The number of ether oxygens (including phenoxy) is 3. The summed E-state index contributed by atoms with van der Waals surface area (Å²) >= 11 is 7.78. The fourth-order valence-electron chi connectivity index (χ4n) is 3.27. The molecule has 8 heteroatoms. The van der Waals surface area contributed by atoms with Crippen molar-refractivity contribution in [3.8, 4) is 22.8 Å². The van der Waals surface area contributed by atoms with Gasteiger partial charge in [-0.3, -0.25) is 4.40 Å². The third-order valence-corrected chi connectivity index (χ3v) is 5.78. The Morgan fingerprint density at radius 3 is 2.76 bits per heavy atom. The molecule has 0 aliphatic heterocycles. The Kier molecular flexibility index (Phi) is 5.80. The number of nitrogens with one attached hydrogen (secondary N) is 1. The molecule has 0 fully saturated rings. The fourth-order valence-corrected chi connectivity index (χ4v) is 4.57. The number of aromatic nitrogens is 2. The van der Waals surface area contributed by atoms with Crippen LogP contribution in [0.1, 0.15) is 6.92 Å². The minimum Gasteiger partial charge on any atom is -0.493 e. The van der Waals surface area contributed by atoms with Crippen LogP contribution in [0.2, 0.25) is 5.02 Å². The van der Waals surface area contributed by atoms with Crippen LogP contribution in [-0.2, 0) is 4.74 Å². The van der Waals surface area contributed by atoms with Crippen molar-refractivity contribution in [2.75, 3.05) is 39.3 Å². The predicted molar refractivity (Wildman–Crippen MR) is 119 cm³/mol. The van der Waals surface area contributed by atoms with Crippen LogP contribution < -0.4 is 14.8 Å². The number of benzene rings is 2. The zero-order valence-electron chi connectivity index (χ0n) is 16.5. The van der Waals surface area contributed by atoms with Gasteiger partial charge in [-0.1, -0.05) is 22.9 Å². The van der Waals surface area contributed by atoms with Crippen LogP contribution in [0.4, 0.5) is 5.82 Å². The van der Waals surface area contributed by atoms with Gasteiger partial charge in [0, 0.05) is 24.2 Å². The summed E-state index contributed by atoms with van der Waals surface area (Å²) in [6.45, 7) is 3.78. The molecule has 152 valence electrons. The number of halogens is 1. The molecule has 29 heavy (non-hydrogen) atoms. The van der Waals surface area contributed by atoms with Gasteiger partial charge in [-0.25, -0.2) is 4.98 Å². The maximum Gasteiger partial charge on any atom is 0.197 e. The van der Waals surface area contributed by atoms with E-state index in [0.717, 1.165) is 32.3 Å². The molecule has 0 bridgehead atoms. The van der Waals surface area contributed by atoms with Crippen LogP contribution in [0.25, 0.3) is 26.4 Å². The van der Waals surface area contributed by atoms with E-state index in [0.29, 0.717) is 36.3 Å². The highest BCUT2D eigenvalue weighted by Crippen LogP contribution is 2.39. The van der Waals surface area contributed by atoms with Crippen LogP contribution >= 0.6 is 22.9 Å². The fraction of sp³-hybridized carbons (Fsp3) is 0.286. The van der Waals surface area contributed by atoms with Gasteiger partial charge in [-0.15, -0.1) is 0 Å². The molecule has 0 aliphatic rings. The quantitative estimate of drug-likeness (QED) is 0.382. The Morgan fingerprint density at radius 1 is 1.14 bits per heavy atom. The summed E-state index contributed by atoms with van der Waals surface area (Å²) in [5.41, 5.74) is 2.86. The molecule has 0 spiro atoms. The van der Waals surface area contributed by atoms with Crippen molar-refractivity contribution in [1.29, 1.82) is 0 Å². The van der Waals surface area contributed by atoms with Gasteiger partial charge >= 0.3 is 0 Å². The molecular weight excluding hydrogens is 410 g/mol. The van der Waals surface area contributed by atoms with E-state index in [1.807, 2.05) is 43.3 Å². The summed E-state index contributed by atoms with van der Waals surface area (Å²) in [6, 6.07) is 11.8. The van der Waals surface area contributed by atoms with Crippen molar-refractivity contribution < 1.29 is 14.2 Å². The zero-order chi connectivity index (χ0) is 20.4. The zero-order valence-corrected chi connectivity index (χ0v) is 18.1. The topological polar surface area (TPSA) is 57.0 Å². The third-order valence-electron chi connectivity index (χ3n) is 4.55. The second kappa shape index (κ2) is 8.49. The lowest BCUT2D eigenvalue weighted by molar-refractivity contribution is 0.210. The maximum atomic E-state index is 6.18. The first-order chi connectivity index (χ1) is 14.2. The van der Waals surface area contributed by atoms with Crippen molar-refractivity contribution in [2.24, 2.45) is 0 Å². The Hall–Kier alpha value is -2.48. The summed E-state index contributed by atoms with van der Waals surface area (Å²) in [7, 11) is 3.33. The lowest BCUT2D eigenvalue weighted by Gasteiger charge is -2.12. The number of nitrogens with zero attached hydrogens (tertiary/aromatic N) is 2. The molecule has 0 saturated carbocycles. The number of hydrogen-bond acceptors (Lipinski definition) is 6. The van der Waals surface area contributed by atoms with Gasteiger partial charge in [-0.05, 0) is 43.3 Å². The molecule has 0 aliphatic carbocycles. The molecule has 0 radical (unpaired) electrons. The van der Waals surface area contributed by atoms with Crippen LogP contribution in [0, 0.1) is 0 Å². The van der Waals surface area contributed by atoms with Crippen molar-refractivity contribution in [3.05, 3.63) is 41.4 Å². The molecule has 2 aromatic heterocycles. The molecule has 6 nitrogen and oxygen atoms in total. The van der Waals surface area contributed by atoms with Gasteiger partial charge in [0.15, 0.2) is 16.5 Å². The monoisotopic (exact) mass is 431 g/mol. The number of methoxy groups -OCH3 is 2. The van der Waals surface area contributed by atoms with Crippen molar-refractivity contribution in [1.82, 2.24) is 9.38 Å². The SMILES string of the molecule is CCOc1ccc(-c2nc3sc4cc(Cl)ccc4n3c2NCCOC)cc1OC. The summed E-state index contributed by atoms with van der Waals surface area (Å²) in [5, 5.41) is 4.20. The maximum absolute atomic E-state index is 6.18. The Bertz CT molecular complexity index is 1160. The smallest absolute Gasteiger partial charge is 0.197 e. The van der Waals surface area contributed by atoms with Gasteiger partial charge in [0.1, 0.15) is 11.5 Å². The highest BCUT2D eigenvalue weighted by atomic mass is 35.5. The molecule has 0 saturated heterocycles. The van der Waals surface area contributed by atoms with Crippen molar-refractivity contribution in [2.45, 2.75) is 6.92 Å². The van der Waals surface area contributed by atoms with E-state index in [1.54, 1.807) is 25.6 Å². The van der Waals surface area contributed by atoms with Gasteiger partial charge in [0.25, 0.3) is 0 Å². The molecule has 4 aromatic rings. The second-order valence-corrected chi connectivity index (χ2v) is 7.80. The van der Waals surface area contributed by atoms with E-state index in [2.05, 4.69) is 9.72 Å². The van der Waals surface area contributed by atoms with Gasteiger partial charge in [0.05, 0.1) is 30.5 Å². The van der Waals surface area contributed by atoms with E-state index in [-0.39, 0.29) is 0 Å². The average molecular weight is 432 g/mol. The Labute approximate surface area is 178 Å². The van der Waals surface area contributed by atoms with Crippen LogP contribution in [0.5, 0.6) is 11.5 Å². The average Bonchev–Trinajstić information content (AvgIpc) is 3.24. The number of rotatable bonds is 8. The molecular formula is C21H22ClN3O3S.